The Morgan fingerprint density at radius 3 is 2.30 bits per heavy atom. The van der Waals surface area contributed by atoms with Gasteiger partial charge in [-0.3, -0.25) is 9.59 Å². The Labute approximate surface area is 142 Å². The summed E-state index contributed by atoms with van der Waals surface area (Å²) >= 11 is 5.51. The Balaban J connectivity index is 2.28. The van der Waals surface area contributed by atoms with E-state index in [1.54, 1.807) is 0 Å². The highest BCUT2D eigenvalue weighted by Gasteiger charge is 2.09. The van der Waals surface area contributed by atoms with Gasteiger partial charge in [0.1, 0.15) is 5.75 Å². The van der Waals surface area contributed by atoms with Crippen molar-refractivity contribution >= 4 is 23.4 Å². The van der Waals surface area contributed by atoms with Crippen LogP contribution < -0.4 is 15.4 Å². The van der Waals surface area contributed by atoms with Crippen LogP contribution in [0, 0.1) is 20.8 Å². The molecule has 0 aliphatic rings. The van der Waals surface area contributed by atoms with Gasteiger partial charge in [0.05, 0.1) is 0 Å². The minimum Gasteiger partial charge on any atom is -0.483 e. The molecule has 0 saturated carbocycles. The van der Waals surface area contributed by atoms with Crippen LogP contribution in [0.4, 0.5) is 0 Å². The third-order valence-corrected chi connectivity index (χ3v) is 3.80. The number of carbonyl (C=O) groups is 2. The Kier molecular flexibility index (Phi) is 8.48. The van der Waals surface area contributed by atoms with Crippen molar-refractivity contribution in [2.45, 2.75) is 33.6 Å². The van der Waals surface area contributed by atoms with E-state index in [9.17, 15) is 9.59 Å². The fourth-order valence-electron chi connectivity index (χ4n) is 2.06. The van der Waals surface area contributed by atoms with E-state index in [2.05, 4.69) is 10.6 Å². The van der Waals surface area contributed by atoms with Gasteiger partial charge in [0.25, 0.3) is 5.91 Å². The molecule has 0 aromatic heterocycles. The number of ether oxygens (including phenoxy) is 1. The van der Waals surface area contributed by atoms with E-state index in [1.165, 1.54) is 0 Å². The summed E-state index contributed by atoms with van der Waals surface area (Å²) in [5.41, 5.74) is 3.18. The number of aryl methyl sites for hydroxylation is 2. The number of hydrogen-bond donors (Lipinski definition) is 2. The summed E-state index contributed by atoms with van der Waals surface area (Å²) < 4.78 is 5.63. The molecule has 5 nitrogen and oxygen atoms in total. The fraction of sp³-hybridized carbons (Fsp3) is 0.529. The maximum absolute atomic E-state index is 11.8. The molecule has 128 valence electrons. The van der Waals surface area contributed by atoms with Gasteiger partial charge in [-0.25, -0.2) is 0 Å². The molecule has 0 radical (unpaired) electrons. The highest BCUT2D eigenvalue weighted by atomic mass is 35.5. The topological polar surface area (TPSA) is 67.4 Å². The number of benzene rings is 1. The summed E-state index contributed by atoms with van der Waals surface area (Å²) in [5, 5.41) is 5.43. The van der Waals surface area contributed by atoms with Crippen molar-refractivity contribution in [1.29, 1.82) is 0 Å². The molecule has 0 saturated heterocycles. The van der Waals surface area contributed by atoms with Crippen molar-refractivity contribution in [3.8, 4) is 5.75 Å². The number of halogens is 1. The van der Waals surface area contributed by atoms with E-state index in [-0.39, 0.29) is 18.4 Å². The van der Waals surface area contributed by atoms with Crippen molar-refractivity contribution < 1.29 is 14.3 Å². The summed E-state index contributed by atoms with van der Waals surface area (Å²) in [7, 11) is 0. The standard InChI is InChI=1S/C17H25ClN2O3/c1-12-6-7-13(2)17(14(12)3)23-11-16(22)20-10-9-19-15(21)5-4-8-18/h6-7H,4-5,8-11H2,1-3H3,(H,19,21)(H,20,22). The summed E-state index contributed by atoms with van der Waals surface area (Å²) in [6, 6.07) is 4.01. The van der Waals surface area contributed by atoms with E-state index in [0.717, 1.165) is 22.4 Å². The van der Waals surface area contributed by atoms with Crippen LogP contribution in [0.1, 0.15) is 29.5 Å². The number of nitrogens with one attached hydrogen (secondary N) is 2. The lowest BCUT2D eigenvalue weighted by Gasteiger charge is -2.14. The highest BCUT2D eigenvalue weighted by Crippen LogP contribution is 2.25. The van der Waals surface area contributed by atoms with Gasteiger partial charge in [0, 0.05) is 25.4 Å². The summed E-state index contributed by atoms with van der Waals surface area (Å²) in [6.07, 6.45) is 1.06. The average Bonchev–Trinajstić information content (AvgIpc) is 2.53. The highest BCUT2D eigenvalue weighted by molar-refractivity contribution is 6.17. The molecule has 0 aliphatic carbocycles. The second kappa shape index (κ2) is 10.1. The normalized spacial score (nSPS) is 10.3. The maximum atomic E-state index is 11.8. The minimum absolute atomic E-state index is 0.0364. The SMILES string of the molecule is Cc1ccc(C)c(OCC(=O)NCCNC(=O)CCCCl)c1C. The van der Waals surface area contributed by atoms with Crippen molar-refractivity contribution in [3.63, 3.8) is 0 Å². The van der Waals surface area contributed by atoms with Gasteiger partial charge >= 0.3 is 0 Å². The van der Waals surface area contributed by atoms with Gasteiger partial charge in [0.2, 0.25) is 5.91 Å². The van der Waals surface area contributed by atoms with Crippen LogP contribution in [0.3, 0.4) is 0 Å². The fourth-order valence-corrected chi connectivity index (χ4v) is 2.19. The van der Waals surface area contributed by atoms with Gasteiger partial charge < -0.3 is 15.4 Å². The van der Waals surface area contributed by atoms with Crippen LogP contribution in [0.5, 0.6) is 5.75 Å². The molecule has 0 unspecified atom stereocenters. The molecule has 0 atom stereocenters. The Morgan fingerprint density at radius 2 is 1.65 bits per heavy atom. The average molecular weight is 341 g/mol. The van der Waals surface area contributed by atoms with E-state index in [4.69, 9.17) is 16.3 Å². The minimum atomic E-state index is -0.208. The van der Waals surface area contributed by atoms with Gasteiger partial charge in [-0.05, 0) is 43.9 Å². The van der Waals surface area contributed by atoms with Crippen molar-refractivity contribution in [2.24, 2.45) is 0 Å². The number of amides is 2. The molecule has 0 heterocycles. The Hall–Kier alpha value is -1.75. The molecule has 0 spiro atoms. The van der Waals surface area contributed by atoms with Crippen LogP contribution in [0.2, 0.25) is 0 Å². The lowest BCUT2D eigenvalue weighted by atomic mass is 10.1. The van der Waals surface area contributed by atoms with Crippen LogP contribution in [0.15, 0.2) is 12.1 Å². The molecule has 2 amide bonds. The third-order valence-electron chi connectivity index (χ3n) is 3.53. The van der Waals surface area contributed by atoms with Crippen molar-refractivity contribution in [1.82, 2.24) is 10.6 Å². The number of rotatable bonds is 9. The lowest BCUT2D eigenvalue weighted by Crippen LogP contribution is -2.36. The smallest absolute Gasteiger partial charge is 0.258 e. The van der Waals surface area contributed by atoms with Gasteiger partial charge in [0.15, 0.2) is 6.61 Å². The van der Waals surface area contributed by atoms with E-state index in [1.807, 2.05) is 32.9 Å². The first-order valence-electron chi connectivity index (χ1n) is 7.74. The molecule has 1 aromatic rings. The molecular formula is C17H25ClN2O3. The second-order valence-corrected chi connectivity index (χ2v) is 5.81. The second-order valence-electron chi connectivity index (χ2n) is 5.43. The first-order valence-corrected chi connectivity index (χ1v) is 8.28. The Morgan fingerprint density at radius 1 is 1.04 bits per heavy atom. The predicted molar refractivity (Wildman–Crippen MR) is 92.1 cm³/mol. The lowest BCUT2D eigenvalue weighted by molar-refractivity contribution is -0.124. The van der Waals surface area contributed by atoms with Gasteiger partial charge in [-0.1, -0.05) is 12.1 Å². The monoisotopic (exact) mass is 340 g/mol. The third kappa shape index (κ3) is 6.91. The Bertz CT molecular complexity index is 547. The van der Waals surface area contributed by atoms with Crippen molar-refractivity contribution in [3.05, 3.63) is 28.8 Å². The molecule has 0 bridgehead atoms. The molecular weight excluding hydrogens is 316 g/mol. The molecule has 0 aliphatic heterocycles. The number of carbonyl (C=O) groups excluding carboxylic acids is 2. The predicted octanol–water partition coefficient (Wildman–Crippen LogP) is 2.24. The zero-order valence-corrected chi connectivity index (χ0v) is 14.8. The number of hydrogen-bond acceptors (Lipinski definition) is 3. The molecule has 23 heavy (non-hydrogen) atoms. The van der Waals surface area contributed by atoms with E-state index < -0.39 is 0 Å². The quantitative estimate of drug-likeness (QED) is 0.535. The maximum Gasteiger partial charge on any atom is 0.258 e. The number of alkyl halides is 1. The summed E-state index contributed by atoms with van der Waals surface area (Å²) in [6.45, 7) is 6.68. The zero-order valence-electron chi connectivity index (χ0n) is 14.0. The summed E-state index contributed by atoms with van der Waals surface area (Å²) in [5.74, 6) is 0.969. The van der Waals surface area contributed by atoms with Gasteiger partial charge in [-0.15, -0.1) is 11.6 Å². The molecule has 2 N–H and O–H groups in total. The molecule has 6 heteroatoms. The zero-order chi connectivity index (χ0) is 17.2. The van der Waals surface area contributed by atoms with Crippen LogP contribution >= 0.6 is 11.6 Å². The van der Waals surface area contributed by atoms with Crippen molar-refractivity contribution in [2.75, 3.05) is 25.6 Å². The largest absolute Gasteiger partial charge is 0.483 e. The van der Waals surface area contributed by atoms with Crippen LogP contribution in [0.25, 0.3) is 0 Å². The molecule has 1 aromatic carbocycles. The first-order chi connectivity index (χ1) is 11.0. The summed E-state index contributed by atoms with van der Waals surface area (Å²) in [4.78, 5) is 23.1. The molecule has 1 rings (SSSR count). The van der Waals surface area contributed by atoms with Gasteiger partial charge in [-0.2, -0.15) is 0 Å². The van der Waals surface area contributed by atoms with E-state index >= 15 is 0 Å². The first kappa shape index (κ1) is 19.3. The van der Waals surface area contributed by atoms with Crippen LogP contribution in [-0.4, -0.2) is 37.4 Å². The molecule has 0 fully saturated rings. The van der Waals surface area contributed by atoms with Crippen LogP contribution in [-0.2, 0) is 9.59 Å². The van der Waals surface area contributed by atoms with E-state index in [0.29, 0.717) is 31.8 Å².